The zero-order chi connectivity index (χ0) is 65.6. The van der Waals surface area contributed by atoms with E-state index in [1.807, 2.05) is 40.7 Å². The van der Waals surface area contributed by atoms with Crippen molar-refractivity contribution in [2.24, 2.45) is 10.8 Å². The smallest absolute Gasteiger partial charge is 0.410 e. The number of hydrogen-bond acceptors (Lipinski definition) is 15. The number of hydrogen-bond donors (Lipinski definition) is 3. The summed E-state index contributed by atoms with van der Waals surface area (Å²) in [5.41, 5.74) is 4.19. The van der Waals surface area contributed by atoms with E-state index < -0.39 is 16.4 Å². The summed E-state index contributed by atoms with van der Waals surface area (Å²) in [5, 5.41) is 10.6. The van der Waals surface area contributed by atoms with Gasteiger partial charge in [0.05, 0.1) is 38.7 Å². The normalized spacial score (nSPS) is 16.8. The van der Waals surface area contributed by atoms with Crippen LogP contribution in [0, 0.1) is 36.3 Å². The Morgan fingerprint density at radius 3 is 1.34 bits per heavy atom. The van der Waals surface area contributed by atoms with Crippen LogP contribution >= 0.6 is 0 Å². The molecule has 3 N–H and O–H groups in total. The number of aryl methyl sites for hydroxylation is 2. The number of ether oxygens (including phenoxy) is 3. The van der Waals surface area contributed by atoms with Crippen molar-refractivity contribution in [3.8, 4) is 23.3 Å². The molecule has 2 saturated heterocycles. The summed E-state index contributed by atoms with van der Waals surface area (Å²) < 4.78 is 44.3. The van der Waals surface area contributed by atoms with Gasteiger partial charge in [0.15, 0.2) is 23.1 Å². The lowest BCUT2D eigenvalue weighted by molar-refractivity contribution is -0.135. The van der Waals surface area contributed by atoms with Crippen molar-refractivity contribution < 1.29 is 56.6 Å². The summed E-state index contributed by atoms with van der Waals surface area (Å²) in [4.78, 5) is 111. The standard InChI is InChI=1S/C39H41FN4O6.C34H33FN4O4/c1-24-18-32-31(21-30(24)35(47)41-22-28-6-5-17-44(28)37(48)50-38(2,3)4)36(43-23-42-32)49-29-13-9-26(10-14-29)20-34(46)39(15-16-39)33(45)19-25-7-11-27(40)12-8-25;1-21-15-29-28(18-27(21)32(42)37-19-25-3-2-14-36-25)33(39-20-38-29)43-26-10-6-23(7-11-26)17-31(41)34(12-13-34)30(40)16-22-4-8-24(35)9-5-22/h7-14,18,21,23,28H,5-6,15-17,19-20,22H2,1-4H3,(H,41,47);4-11,15,18,20,25,36H,2-3,12-14,16-17,19H2,1H3,(H,37,42)/t28-;25-/m11/s1. The van der Waals surface area contributed by atoms with E-state index in [1.54, 1.807) is 95.9 Å². The Labute approximate surface area is 537 Å². The molecule has 4 fully saturated rings. The van der Waals surface area contributed by atoms with E-state index in [4.69, 9.17) is 14.2 Å². The maximum absolute atomic E-state index is 13.4. The third-order valence-electron chi connectivity index (χ3n) is 17.7. The zero-order valence-corrected chi connectivity index (χ0v) is 52.7. The summed E-state index contributed by atoms with van der Waals surface area (Å²) in [7, 11) is 0. The number of halogens is 2. The van der Waals surface area contributed by atoms with Crippen molar-refractivity contribution in [2.75, 3.05) is 26.2 Å². The molecule has 0 radical (unpaired) electrons. The summed E-state index contributed by atoms with van der Waals surface area (Å²) in [6.07, 6.45) is 8.82. The number of nitrogens with one attached hydrogen (secondary N) is 3. The highest BCUT2D eigenvalue weighted by atomic mass is 19.1. The van der Waals surface area contributed by atoms with Crippen LogP contribution < -0.4 is 25.4 Å². The Morgan fingerprint density at radius 1 is 0.548 bits per heavy atom. The SMILES string of the molecule is Cc1cc2ncnc(Oc3ccc(CC(=O)C4(C(=O)Cc5ccc(F)cc5)CC4)cc3)c2cc1C(=O)NC[C@H]1CCCN1.Cc1cc2ncnc(Oc3ccc(CC(=O)C4(C(=O)Cc5ccc(F)cc5)CC4)cc3)c2cc1C(=O)NC[C@H]1CCCN1C(=O)OC(C)(C)C. The minimum Gasteiger partial charge on any atom is -0.444 e. The molecule has 2 aliphatic carbocycles. The fourth-order valence-corrected chi connectivity index (χ4v) is 12.0. The molecule has 2 aliphatic heterocycles. The molecule has 3 amide bonds. The van der Waals surface area contributed by atoms with Crippen molar-refractivity contribution in [1.29, 1.82) is 0 Å². The predicted molar refractivity (Wildman–Crippen MR) is 344 cm³/mol. The largest absolute Gasteiger partial charge is 0.444 e. The maximum atomic E-state index is 13.4. The van der Waals surface area contributed by atoms with Gasteiger partial charge in [0, 0.05) is 62.5 Å². The number of carbonyl (C=O) groups is 7. The van der Waals surface area contributed by atoms with Crippen LogP contribution in [0.2, 0.25) is 0 Å². The second-order valence-corrected chi connectivity index (χ2v) is 25.7. The Bertz CT molecular complexity index is 4140. The monoisotopic (exact) mass is 1260 g/mol. The summed E-state index contributed by atoms with van der Waals surface area (Å²) in [6, 6.07) is 33.0. The highest BCUT2D eigenvalue weighted by Crippen LogP contribution is 2.50. The molecule has 2 aromatic heterocycles. The molecule has 12 rings (SSSR count). The molecular weight excluding hydrogens is 1190 g/mol. The van der Waals surface area contributed by atoms with Gasteiger partial charge in [-0.3, -0.25) is 28.8 Å². The van der Waals surface area contributed by atoms with Gasteiger partial charge in [-0.1, -0.05) is 48.5 Å². The Balaban J connectivity index is 0.000000192. The lowest BCUT2D eigenvalue weighted by Gasteiger charge is -2.28. The van der Waals surface area contributed by atoms with E-state index in [1.165, 1.54) is 36.9 Å². The van der Waals surface area contributed by atoms with E-state index in [9.17, 15) is 42.3 Å². The number of amides is 3. The molecule has 93 heavy (non-hydrogen) atoms. The van der Waals surface area contributed by atoms with Gasteiger partial charge in [0.1, 0.15) is 41.4 Å². The predicted octanol–water partition coefficient (Wildman–Crippen LogP) is 11.8. The topological polar surface area (TPSA) is 238 Å². The average molecular weight is 1260 g/mol. The number of fused-ring (bicyclic) bond motifs is 2. The number of nitrogens with zero attached hydrogens (tertiary/aromatic N) is 5. The van der Waals surface area contributed by atoms with E-state index >= 15 is 0 Å². The number of benzene rings is 6. The maximum Gasteiger partial charge on any atom is 0.410 e. The van der Waals surface area contributed by atoms with Crippen molar-refractivity contribution in [3.63, 3.8) is 0 Å². The number of likely N-dealkylation sites (tertiary alicyclic amines) is 1. The van der Waals surface area contributed by atoms with Crippen LogP contribution in [0.1, 0.15) is 126 Å². The molecule has 2 saturated carbocycles. The van der Waals surface area contributed by atoms with Crippen molar-refractivity contribution in [1.82, 2.24) is 40.8 Å². The molecule has 6 aromatic carbocycles. The van der Waals surface area contributed by atoms with Gasteiger partial charge < -0.3 is 35.1 Å². The summed E-state index contributed by atoms with van der Waals surface area (Å²) >= 11 is 0. The molecule has 480 valence electrons. The molecular formula is C73H74F2N8O10. The van der Waals surface area contributed by atoms with Gasteiger partial charge in [-0.25, -0.2) is 33.5 Å². The van der Waals surface area contributed by atoms with Gasteiger partial charge in [-0.15, -0.1) is 0 Å². The van der Waals surface area contributed by atoms with Gasteiger partial charge in [0.25, 0.3) is 11.8 Å². The second kappa shape index (κ2) is 27.6. The molecule has 0 unspecified atom stereocenters. The minimum absolute atomic E-state index is 0.0973. The molecule has 0 spiro atoms. The van der Waals surface area contributed by atoms with E-state index in [0.29, 0.717) is 113 Å². The van der Waals surface area contributed by atoms with Crippen molar-refractivity contribution in [3.05, 3.63) is 190 Å². The molecule has 0 bridgehead atoms. The first kappa shape index (κ1) is 64.8. The second-order valence-electron chi connectivity index (χ2n) is 25.7. The Morgan fingerprint density at radius 2 is 0.957 bits per heavy atom. The number of aromatic nitrogens is 4. The van der Waals surface area contributed by atoms with Crippen LogP contribution in [0.15, 0.2) is 134 Å². The van der Waals surface area contributed by atoms with E-state index in [-0.39, 0.29) is 90.3 Å². The molecule has 4 heterocycles. The highest BCUT2D eigenvalue weighted by molar-refractivity contribution is 6.12. The minimum atomic E-state index is -0.972. The summed E-state index contributed by atoms with van der Waals surface area (Å²) in [6.45, 7) is 11.6. The van der Waals surface area contributed by atoms with Crippen LogP contribution in [-0.4, -0.2) is 110 Å². The lowest BCUT2D eigenvalue weighted by Crippen LogP contribution is -2.45. The van der Waals surface area contributed by atoms with Crippen LogP contribution in [0.25, 0.3) is 21.8 Å². The summed E-state index contributed by atoms with van der Waals surface area (Å²) in [5.74, 6) is -0.0371. The fraction of sp³-hybridized carbons (Fsp3) is 0.356. The van der Waals surface area contributed by atoms with E-state index in [2.05, 4.69) is 35.9 Å². The van der Waals surface area contributed by atoms with Crippen molar-refractivity contribution >= 4 is 62.8 Å². The number of ketones is 4. The van der Waals surface area contributed by atoms with E-state index in [0.717, 1.165) is 54.5 Å². The molecule has 18 nitrogen and oxygen atoms in total. The van der Waals surface area contributed by atoms with Gasteiger partial charge in [0.2, 0.25) is 11.8 Å². The molecule has 20 heteroatoms. The third-order valence-corrected chi connectivity index (χ3v) is 17.7. The first-order valence-corrected chi connectivity index (χ1v) is 31.6. The first-order chi connectivity index (χ1) is 44.6. The van der Waals surface area contributed by atoms with Crippen LogP contribution in [0.5, 0.6) is 23.3 Å². The van der Waals surface area contributed by atoms with Crippen LogP contribution in [0.4, 0.5) is 13.6 Å². The average Bonchev–Trinajstić information content (AvgIpc) is 1.77. The fourth-order valence-electron chi connectivity index (χ4n) is 12.0. The Hall–Kier alpha value is -9.69. The zero-order valence-electron chi connectivity index (χ0n) is 52.7. The van der Waals surface area contributed by atoms with Crippen LogP contribution in [-0.2, 0) is 49.6 Å². The van der Waals surface area contributed by atoms with Crippen molar-refractivity contribution in [2.45, 2.75) is 129 Å². The highest BCUT2D eigenvalue weighted by Gasteiger charge is 2.55. The number of carbonyl (C=O) groups excluding carboxylic acids is 7. The van der Waals surface area contributed by atoms with Gasteiger partial charge >= 0.3 is 6.09 Å². The van der Waals surface area contributed by atoms with Gasteiger partial charge in [-0.2, -0.15) is 0 Å². The lowest BCUT2D eigenvalue weighted by atomic mass is 9.88. The number of Topliss-reactive ketones (excluding diaryl/α,β-unsaturated/α-hetero) is 4. The van der Waals surface area contributed by atoms with Gasteiger partial charge in [-0.05, 0) is 199 Å². The Kier molecular flexibility index (Phi) is 19.3. The quantitative estimate of drug-likeness (QED) is 0.0535. The molecule has 8 aromatic rings. The number of rotatable bonds is 22. The molecule has 2 atom stereocenters. The van der Waals surface area contributed by atoms with Crippen LogP contribution in [0.3, 0.4) is 0 Å². The molecule has 4 aliphatic rings. The third kappa shape index (κ3) is 15.6. The first-order valence-electron chi connectivity index (χ1n) is 31.6.